The molecular formula is C26H25BrN2O3. The summed E-state index contributed by atoms with van der Waals surface area (Å²) in [5.41, 5.74) is 6.24. The Bertz CT molecular complexity index is 1150. The number of aryl methyl sites for hydroxylation is 1. The van der Waals surface area contributed by atoms with Gasteiger partial charge in [0.2, 0.25) is 0 Å². The van der Waals surface area contributed by atoms with Crippen LogP contribution in [0.1, 0.15) is 58.2 Å². The summed E-state index contributed by atoms with van der Waals surface area (Å²) in [6.45, 7) is 8.31. The zero-order chi connectivity index (χ0) is 23.3. The summed E-state index contributed by atoms with van der Waals surface area (Å²) < 4.78 is 6.34. The van der Waals surface area contributed by atoms with Gasteiger partial charge in [0.05, 0.1) is 11.8 Å². The van der Waals surface area contributed by atoms with Crippen molar-refractivity contribution in [3.63, 3.8) is 0 Å². The molecule has 0 radical (unpaired) electrons. The molecule has 0 unspecified atom stereocenters. The van der Waals surface area contributed by atoms with E-state index in [0.717, 1.165) is 15.6 Å². The first-order valence-electron chi connectivity index (χ1n) is 10.2. The van der Waals surface area contributed by atoms with Gasteiger partial charge in [0.1, 0.15) is 5.75 Å². The van der Waals surface area contributed by atoms with Crippen molar-refractivity contribution in [2.24, 2.45) is 5.10 Å². The molecule has 0 saturated carbocycles. The Hall–Kier alpha value is -3.25. The molecule has 1 amide bonds. The van der Waals surface area contributed by atoms with E-state index in [9.17, 15) is 9.59 Å². The lowest BCUT2D eigenvalue weighted by molar-refractivity contribution is 0.0734. The average molecular weight is 493 g/mol. The predicted molar refractivity (Wildman–Crippen MR) is 130 cm³/mol. The number of rotatable bonds is 5. The highest BCUT2D eigenvalue weighted by molar-refractivity contribution is 9.10. The number of ether oxygens (including phenoxy) is 1. The zero-order valence-electron chi connectivity index (χ0n) is 18.5. The molecular weight excluding hydrogens is 468 g/mol. The molecule has 0 bridgehead atoms. The SMILES string of the molecule is Cc1ccc(C(=O)Oc2ccc(Br)cc2/C=N\NC(=O)c2ccc(C(C)(C)C)cc2)cc1. The fraction of sp³-hybridized carbons (Fsp3) is 0.192. The van der Waals surface area contributed by atoms with E-state index in [1.165, 1.54) is 6.21 Å². The Balaban J connectivity index is 1.71. The number of nitrogens with one attached hydrogen (secondary N) is 1. The Kier molecular flexibility index (Phi) is 7.26. The van der Waals surface area contributed by atoms with E-state index in [2.05, 4.69) is 47.2 Å². The van der Waals surface area contributed by atoms with Crippen molar-refractivity contribution in [1.82, 2.24) is 5.43 Å². The molecule has 0 aliphatic heterocycles. The van der Waals surface area contributed by atoms with Gasteiger partial charge in [-0.2, -0.15) is 5.10 Å². The monoisotopic (exact) mass is 492 g/mol. The van der Waals surface area contributed by atoms with Gasteiger partial charge >= 0.3 is 5.97 Å². The highest BCUT2D eigenvalue weighted by Gasteiger charge is 2.14. The van der Waals surface area contributed by atoms with Gasteiger partial charge in [-0.1, -0.05) is 66.5 Å². The summed E-state index contributed by atoms with van der Waals surface area (Å²) in [6.07, 6.45) is 1.45. The number of carbonyl (C=O) groups is 2. The van der Waals surface area contributed by atoms with Crippen LogP contribution >= 0.6 is 15.9 Å². The van der Waals surface area contributed by atoms with E-state index in [0.29, 0.717) is 22.4 Å². The van der Waals surface area contributed by atoms with Crippen LogP contribution in [0.5, 0.6) is 5.75 Å². The van der Waals surface area contributed by atoms with Crippen molar-refractivity contribution < 1.29 is 14.3 Å². The third-order valence-corrected chi connectivity index (χ3v) is 5.34. The van der Waals surface area contributed by atoms with Crippen LogP contribution in [-0.4, -0.2) is 18.1 Å². The quantitative estimate of drug-likeness (QED) is 0.204. The zero-order valence-corrected chi connectivity index (χ0v) is 20.1. The highest BCUT2D eigenvalue weighted by atomic mass is 79.9. The van der Waals surface area contributed by atoms with E-state index in [1.807, 2.05) is 31.2 Å². The number of carbonyl (C=O) groups excluding carboxylic acids is 2. The minimum atomic E-state index is -0.468. The lowest BCUT2D eigenvalue weighted by Gasteiger charge is -2.18. The molecule has 164 valence electrons. The van der Waals surface area contributed by atoms with Crippen LogP contribution in [-0.2, 0) is 5.41 Å². The summed E-state index contributed by atoms with van der Waals surface area (Å²) >= 11 is 3.41. The maximum absolute atomic E-state index is 12.5. The van der Waals surface area contributed by atoms with Crippen LogP contribution in [0.4, 0.5) is 0 Å². The Morgan fingerprint density at radius 3 is 2.19 bits per heavy atom. The van der Waals surface area contributed by atoms with Gasteiger partial charge in [-0.25, -0.2) is 10.2 Å². The van der Waals surface area contributed by atoms with Crippen LogP contribution in [0, 0.1) is 6.92 Å². The van der Waals surface area contributed by atoms with Crippen molar-refractivity contribution in [1.29, 1.82) is 0 Å². The topological polar surface area (TPSA) is 67.8 Å². The van der Waals surface area contributed by atoms with Gasteiger partial charge in [0.15, 0.2) is 0 Å². The van der Waals surface area contributed by atoms with Gasteiger partial charge in [0, 0.05) is 15.6 Å². The molecule has 5 nitrogen and oxygen atoms in total. The number of nitrogens with zero attached hydrogens (tertiary/aromatic N) is 1. The molecule has 0 aliphatic carbocycles. The number of hydrogen-bond acceptors (Lipinski definition) is 4. The standard InChI is InChI=1S/C26H25BrN2O3/c1-17-5-7-19(8-6-17)25(31)32-23-14-13-22(27)15-20(23)16-28-29-24(30)18-9-11-21(12-10-18)26(2,3)4/h5-16H,1-4H3,(H,29,30)/b28-16-. The van der Waals surface area contributed by atoms with Crippen LogP contribution < -0.4 is 10.2 Å². The number of esters is 1. The van der Waals surface area contributed by atoms with E-state index in [1.54, 1.807) is 42.5 Å². The van der Waals surface area contributed by atoms with Crippen molar-refractivity contribution in [3.05, 3.63) is 99.0 Å². The Morgan fingerprint density at radius 1 is 0.938 bits per heavy atom. The summed E-state index contributed by atoms with van der Waals surface area (Å²) in [4.78, 5) is 24.9. The fourth-order valence-corrected chi connectivity index (χ4v) is 3.29. The molecule has 0 saturated heterocycles. The van der Waals surface area contributed by atoms with Crippen LogP contribution in [0.25, 0.3) is 0 Å². The highest BCUT2D eigenvalue weighted by Crippen LogP contribution is 2.24. The molecule has 0 aliphatic rings. The molecule has 0 heterocycles. The van der Waals surface area contributed by atoms with Crippen molar-refractivity contribution >= 4 is 34.0 Å². The van der Waals surface area contributed by atoms with Gasteiger partial charge < -0.3 is 4.74 Å². The van der Waals surface area contributed by atoms with Gasteiger partial charge in [-0.05, 0) is 60.4 Å². The fourth-order valence-electron chi connectivity index (χ4n) is 2.91. The molecule has 3 rings (SSSR count). The number of hydrazone groups is 1. The molecule has 0 aromatic heterocycles. The summed E-state index contributed by atoms with van der Waals surface area (Å²) in [5.74, 6) is -0.453. The largest absolute Gasteiger partial charge is 0.422 e. The smallest absolute Gasteiger partial charge is 0.343 e. The molecule has 32 heavy (non-hydrogen) atoms. The van der Waals surface area contributed by atoms with E-state index in [4.69, 9.17) is 4.74 Å². The summed E-state index contributed by atoms with van der Waals surface area (Å²) in [7, 11) is 0. The first-order valence-corrected chi connectivity index (χ1v) is 10.9. The number of benzene rings is 3. The third kappa shape index (κ3) is 6.14. The first-order chi connectivity index (χ1) is 15.1. The molecule has 1 N–H and O–H groups in total. The Morgan fingerprint density at radius 2 is 1.56 bits per heavy atom. The van der Waals surface area contributed by atoms with Crippen LogP contribution in [0.3, 0.4) is 0 Å². The summed E-state index contributed by atoms with van der Waals surface area (Å²) in [6, 6.07) is 19.8. The summed E-state index contributed by atoms with van der Waals surface area (Å²) in [5, 5.41) is 4.05. The minimum absolute atomic E-state index is 0.0142. The second kappa shape index (κ2) is 9.92. The second-order valence-corrected chi connectivity index (χ2v) is 9.38. The van der Waals surface area contributed by atoms with Crippen molar-refractivity contribution in [3.8, 4) is 5.75 Å². The first kappa shape index (κ1) is 23.4. The molecule has 3 aromatic carbocycles. The molecule has 6 heteroatoms. The van der Waals surface area contributed by atoms with Crippen molar-refractivity contribution in [2.45, 2.75) is 33.1 Å². The molecule has 0 spiro atoms. The average Bonchev–Trinajstić information content (AvgIpc) is 2.75. The number of amides is 1. The van der Waals surface area contributed by atoms with Gasteiger partial charge in [-0.15, -0.1) is 0 Å². The predicted octanol–water partition coefficient (Wildman–Crippen LogP) is 6.04. The van der Waals surface area contributed by atoms with E-state index < -0.39 is 5.97 Å². The van der Waals surface area contributed by atoms with Crippen molar-refractivity contribution in [2.75, 3.05) is 0 Å². The van der Waals surface area contributed by atoms with E-state index >= 15 is 0 Å². The Labute approximate surface area is 196 Å². The van der Waals surface area contributed by atoms with Crippen LogP contribution in [0.15, 0.2) is 76.3 Å². The molecule has 3 aromatic rings. The second-order valence-electron chi connectivity index (χ2n) is 8.46. The maximum Gasteiger partial charge on any atom is 0.343 e. The molecule has 0 fully saturated rings. The lowest BCUT2D eigenvalue weighted by Crippen LogP contribution is -2.18. The number of hydrogen-bond donors (Lipinski definition) is 1. The normalized spacial score (nSPS) is 11.4. The van der Waals surface area contributed by atoms with Crippen LogP contribution in [0.2, 0.25) is 0 Å². The van der Waals surface area contributed by atoms with E-state index in [-0.39, 0.29) is 11.3 Å². The van der Waals surface area contributed by atoms with Gasteiger partial charge in [-0.3, -0.25) is 4.79 Å². The minimum Gasteiger partial charge on any atom is -0.422 e. The lowest BCUT2D eigenvalue weighted by atomic mass is 9.87. The number of halogens is 1. The van der Waals surface area contributed by atoms with Gasteiger partial charge in [0.25, 0.3) is 5.91 Å². The molecule has 0 atom stereocenters. The third-order valence-electron chi connectivity index (χ3n) is 4.84. The maximum atomic E-state index is 12.5.